The number of aliphatic hydroxyl groups is 2. The molecule has 8 heteroatoms. The van der Waals surface area contributed by atoms with Crippen LogP contribution in [0.1, 0.15) is 94.0 Å². The normalized spacial score (nSPS) is 42.2. The molecule has 2 N–H and O–H groups in total. The molecule has 44 heavy (non-hydrogen) atoms. The lowest BCUT2D eigenvalue weighted by Gasteiger charge is -2.62. The Morgan fingerprint density at radius 1 is 0.886 bits per heavy atom. The maximum absolute atomic E-state index is 13.7. The number of carbonyl (C=O) groups is 2. The van der Waals surface area contributed by atoms with Crippen molar-refractivity contribution >= 4 is 11.8 Å². The summed E-state index contributed by atoms with van der Waals surface area (Å²) in [5.41, 5.74) is 1.33. The number of rotatable bonds is 3. The lowest BCUT2D eigenvalue weighted by atomic mass is 9.44. The molecule has 6 aliphatic rings. The third-order valence-corrected chi connectivity index (χ3v) is 13.8. The Labute approximate surface area is 262 Å². The molecule has 2 aliphatic heterocycles. The summed E-state index contributed by atoms with van der Waals surface area (Å²) in [6.07, 6.45) is 9.82. The van der Waals surface area contributed by atoms with E-state index in [-0.39, 0.29) is 40.9 Å². The van der Waals surface area contributed by atoms with Crippen LogP contribution in [-0.2, 0) is 4.79 Å². The van der Waals surface area contributed by atoms with Crippen molar-refractivity contribution in [3.05, 3.63) is 35.4 Å². The molecule has 7 rings (SSSR count). The van der Waals surface area contributed by atoms with E-state index in [9.17, 15) is 19.8 Å². The Morgan fingerprint density at radius 3 is 2.34 bits per heavy atom. The van der Waals surface area contributed by atoms with Crippen LogP contribution in [0.3, 0.4) is 0 Å². The zero-order valence-corrected chi connectivity index (χ0v) is 26.5. The summed E-state index contributed by atoms with van der Waals surface area (Å²) < 4.78 is 0. The molecule has 2 saturated heterocycles. The monoisotopic (exact) mass is 602 g/mol. The molecule has 8 nitrogen and oxygen atoms in total. The van der Waals surface area contributed by atoms with Gasteiger partial charge >= 0.3 is 0 Å². The third kappa shape index (κ3) is 4.80. The van der Waals surface area contributed by atoms with E-state index < -0.39 is 6.04 Å². The molecule has 0 aromatic heterocycles. The lowest BCUT2D eigenvalue weighted by Crippen LogP contribution is -2.62. The van der Waals surface area contributed by atoms with Crippen LogP contribution < -0.4 is 0 Å². The minimum absolute atomic E-state index is 0.0412. The highest BCUT2D eigenvalue weighted by atomic mass is 16.3. The maximum atomic E-state index is 13.7. The van der Waals surface area contributed by atoms with Crippen LogP contribution in [0.25, 0.3) is 0 Å². The van der Waals surface area contributed by atoms with E-state index in [1.807, 2.05) is 4.90 Å². The lowest BCUT2D eigenvalue weighted by molar-refractivity contribution is -0.157. The molecule has 238 valence electrons. The summed E-state index contributed by atoms with van der Waals surface area (Å²) in [6, 6.07) is 8.43. The van der Waals surface area contributed by atoms with E-state index >= 15 is 0 Å². The van der Waals surface area contributed by atoms with Crippen molar-refractivity contribution in [2.45, 2.75) is 102 Å². The third-order valence-electron chi connectivity index (χ3n) is 13.8. The highest BCUT2D eigenvalue weighted by Gasteiger charge is 2.61. The molecular formula is C36H50N4O4. The van der Waals surface area contributed by atoms with E-state index in [2.05, 4.69) is 24.8 Å². The average Bonchev–Trinajstić information content (AvgIpc) is 3.65. The molecule has 10 atom stereocenters. The van der Waals surface area contributed by atoms with E-state index in [0.717, 1.165) is 45.2 Å². The van der Waals surface area contributed by atoms with Gasteiger partial charge in [-0.05, 0) is 123 Å². The molecular weight excluding hydrogens is 552 g/mol. The van der Waals surface area contributed by atoms with Crippen molar-refractivity contribution in [1.82, 2.24) is 14.7 Å². The first-order chi connectivity index (χ1) is 21.1. The number of hydrogen-bond acceptors (Lipinski definition) is 6. The van der Waals surface area contributed by atoms with Crippen molar-refractivity contribution < 1.29 is 19.8 Å². The number of benzene rings is 1. The summed E-state index contributed by atoms with van der Waals surface area (Å²) in [5, 5.41) is 31.4. The van der Waals surface area contributed by atoms with E-state index in [1.165, 1.54) is 25.7 Å². The fraction of sp³-hybridized carbons (Fsp3) is 0.750. The van der Waals surface area contributed by atoms with Crippen molar-refractivity contribution in [2.24, 2.45) is 34.5 Å². The number of likely N-dealkylation sites (tertiary alicyclic amines) is 1. The first kappa shape index (κ1) is 30.2. The van der Waals surface area contributed by atoms with Gasteiger partial charge < -0.3 is 20.0 Å². The highest BCUT2D eigenvalue weighted by molar-refractivity contribution is 5.98. The summed E-state index contributed by atoms with van der Waals surface area (Å²) in [7, 11) is 0. The molecule has 2 heterocycles. The molecule has 1 aromatic rings. The SMILES string of the molecule is C[C@]12CCC3C(CC[C@@H]4C[C@H](O)[C@@H](N5CCN(C(=O)[C@@H]6CCCN6C(=O)c6ccc(C#N)cc6)CC5)C[C@]34C)C1CC[C@H]2O. The van der Waals surface area contributed by atoms with Gasteiger partial charge in [0.25, 0.3) is 5.91 Å². The number of nitrogens with zero attached hydrogens (tertiary/aromatic N) is 4. The minimum Gasteiger partial charge on any atom is -0.393 e. The van der Waals surface area contributed by atoms with Gasteiger partial charge in [-0.15, -0.1) is 0 Å². The Balaban J connectivity index is 0.995. The van der Waals surface area contributed by atoms with Gasteiger partial charge in [0.2, 0.25) is 5.91 Å². The molecule has 4 aliphatic carbocycles. The second-order valence-electron chi connectivity index (χ2n) is 15.6. The number of amides is 2. The van der Waals surface area contributed by atoms with Crippen LogP contribution in [0.4, 0.5) is 0 Å². The standard InChI is InChI=1S/C36H50N4O4/c1-35-14-13-28-26(27(35)11-12-32(35)42)10-9-25-20-31(41)30(21-36(25,28)2)38-16-18-39(19-17-38)34(44)29-4-3-15-40(29)33(43)24-7-5-23(22-37)6-8-24/h5-8,25-32,41-42H,3-4,9-21H2,1-2H3/t25-,26?,27?,28?,29+,30+,31+,32-,35+,36+/m1/s1. The highest BCUT2D eigenvalue weighted by Crippen LogP contribution is 2.66. The van der Waals surface area contributed by atoms with Gasteiger partial charge in [0, 0.05) is 44.3 Å². The molecule has 4 saturated carbocycles. The summed E-state index contributed by atoms with van der Waals surface area (Å²) >= 11 is 0. The molecule has 0 spiro atoms. The molecule has 0 radical (unpaired) electrons. The van der Waals surface area contributed by atoms with Crippen molar-refractivity contribution in [3.63, 3.8) is 0 Å². The Hall–Kier alpha value is -2.47. The maximum Gasteiger partial charge on any atom is 0.254 e. The largest absolute Gasteiger partial charge is 0.393 e. The van der Waals surface area contributed by atoms with Gasteiger partial charge in [0.1, 0.15) is 6.04 Å². The predicted molar refractivity (Wildman–Crippen MR) is 166 cm³/mol. The fourth-order valence-corrected chi connectivity index (χ4v) is 11.2. The van der Waals surface area contributed by atoms with Gasteiger partial charge in [-0.3, -0.25) is 14.5 Å². The zero-order valence-electron chi connectivity index (χ0n) is 26.5. The van der Waals surface area contributed by atoms with Gasteiger partial charge in [0.15, 0.2) is 0 Å². The second-order valence-corrected chi connectivity index (χ2v) is 15.6. The Kier molecular flexibility index (Phi) is 7.83. The Bertz CT molecular complexity index is 1300. The quantitative estimate of drug-likeness (QED) is 0.541. The number of hydrogen-bond donors (Lipinski definition) is 2. The van der Waals surface area contributed by atoms with Crippen molar-refractivity contribution in [1.29, 1.82) is 5.26 Å². The molecule has 2 amide bonds. The van der Waals surface area contributed by atoms with Gasteiger partial charge in [0.05, 0.1) is 23.8 Å². The summed E-state index contributed by atoms with van der Waals surface area (Å²) in [4.78, 5) is 33.2. The average molecular weight is 603 g/mol. The Morgan fingerprint density at radius 2 is 1.61 bits per heavy atom. The fourth-order valence-electron chi connectivity index (χ4n) is 11.2. The van der Waals surface area contributed by atoms with Gasteiger partial charge in [-0.1, -0.05) is 13.8 Å². The second kappa shape index (κ2) is 11.4. The van der Waals surface area contributed by atoms with E-state index in [1.54, 1.807) is 29.2 Å². The van der Waals surface area contributed by atoms with Crippen LogP contribution in [0, 0.1) is 45.8 Å². The molecule has 1 aromatic carbocycles. The van der Waals surface area contributed by atoms with Crippen LogP contribution in [-0.4, -0.2) is 93.7 Å². The molecule has 6 fully saturated rings. The summed E-state index contributed by atoms with van der Waals surface area (Å²) in [5.74, 6) is 2.46. The number of aliphatic hydroxyl groups excluding tert-OH is 2. The minimum atomic E-state index is -0.435. The number of carbonyl (C=O) groups excluding carboxylic acids is 2. The van der Waals surface area contributed by atoms with Crippen LogP contribution >= 0.6 is 0 Å². The number of fused-ring (bicyclic) bond motifs is 5. The smallest absolute Gasteiger partial charge is 0.254 e. The number of nitriles is 1. The number of piperazine rings is 1. The van der Waals surface area contributed by atoms with E-state index in [0.29, 0.717) is 60.9 Å². The van der Waals surface area contributed by atoms with Crippen LogP contribution in [0.15, 0.2) is 24.3 Å². The summed E-state index contributed by atoms with van der Waals surface area (Å²) in [6.45, 7) is 8.22. The van der Waals surface area contributed by atoms with Crippen LogP contribution in [0.2, 0.25) is 0 Å². The predicted octanol–water partition coefficient (Wildman–Crippen LogP) is 4.05. The zero-order chi connectivity index (χ0) is 30.8. The van der Waals surface area contributed by atoms with E-state index in [4.69, 9.17) is 5.26 Å². The van der Waals surface area contributed by atoms with Crippen molar-refractivity contribution in [2.75, 3.05) is 32.7 Å². The first-order valence-electron chi connectivity index (χ1n) is 17.3. The van der Waals surface area contributed by atoms with Crippen molar-refractivity contribution in [3.8, 4) is 6.07 Å². The molecule has 0 bridgehead atoms. The van der Waals surface area contributed by atoms with Gasteiger partial charge in [-0.25, -0.2) is 0 Å². The topological polar surface area (TPSA) is 108 Å². The van der Waals surface area contributed by atoms with Gasteiger partial charge in [-0.2, -0.15) is 5.26 Å². The van der Waals surface area contributed by atoms with Crippen LogP contribution in [0.5, 0.6) is 0 Å². The molecule has 3 unspecified atom stereocenters. The first-order valence-corrected chi connectivity index (χ1v) is 17.3.